The van der Waals surface area contributed by atoms with Gasteiger partial charge in [0.1, 0.15) is 5.25 Å². The van der Waals surface area contributed by atoms with E-state index in [-0.39, 0.29) is 0 Å². The Morgan fingerprint density at radius 2 is 1.93 bits per heavy atom. The molecule has 1 atom stereocenters. The van der Waals surface area contributed by atoms with Crippen LogP contribution in [0.25, 0.3) is 22.8 Å². The first-order chi connectivity index (χ1) is 13.7. The van der Waals surface area contributed by atoms with E-state index in [1.54, 1.807) is 24.5 Å². The lowest BCUT2D eigenvalue weighted by Crippen LogP contribution is -2.08. The van der Waals surface area contributed by atoms with E-state index < -0.39 is 5.25 Å². The molecule has 1 saturated carbocycles. The Bertz CT molecular complexity index is 1120. The van der Waals surface area contributed by atoms with Crippen molar-refractivity contribution in [3.8, 4) is 22.8 Å². The first-order valence-electron chi connectivity index (χ1n) is 8.83. The van der Waals surface area contributed by atoms with Crippen molar-refractivity contribution in [1.82, 2.24) is 29.9 Å². The highest BCUT2D eigenvalue weighted by atomic mass is 35.5. The van der Waals surface area contributed by atoms with Gasteiger partial charge in [0, 0.05) is 34.6 Å². The highest BCUT2D eigenvalue weighted by molar-refractivity contribution is 7.80. The first-order valence-corrected chi connectivity index (χ1v) is 9.73. The van der Waals surface area contributed by atoms with Gasteiger partial charge in [-0.2, -0.15) is 17.6 Å². The number of hydrogen-bond acceptors (Lipinski definition) is 7. The minimum atomic E-state index is -0.458. The van der Waals surface area contributed by atoms with Gasteiger partial charge in [0.2, 0.25) is 0 Å². The monoisotopic (exact) mass is 410 g/mol. The molecule has 1 aliphatic carbocycles. The summed E-state index contributed by atoms with van der Waals surface area (Å²) in [7, 11) is 0. The van der Waals surface area contributed by atoms with Crippen LogP contribution < -0.4 is 0 Å². The minimum Gasteiger partial charge on any atom is -0.334 e. The van der Waals surface area contributed by atoms with Gasteiger partial charge in [0.25, 0.3) is 5.89 Å². The van der Waals surface area contributed by atoms with Crippen LogP contribution in [0.5, 0.6) is 0 Å². The summed E-state index contributed by atoms with van der Waals surface area (Å²) < 4.78 is 7.55. The van der Waals surface area contributed by atoms with Gasteiger partial charge in [-0.05, 0) is 43.2 Å². The number of hydrogen-bond donors (Lipinski definition) is 1. The number of nitrogens with zero attached hydrogens (tertiary/aromatic N) is 6. The molecule has 1 fully saturated rings. The van der Waals surface area contributed by atoms with Gasteiger partial charge in [0.05, 0.1) is 0 Å². The van der Waals surface area contributed by atoms with Crippen LogP contribution in [-0.2, 0) is 0 Å². The molecular weight excluding hydrogens is 396 g/mol. The summed E-state index contributed by atoms with van der Waals surface area (Å²) in [4.78, 5) is 8.57. The lowest BCUT2D eigenvalue weighted by atomic mass is 10.2. The predicted octanol–water partition coefficient (Wildman–Crippen LogP) is 4.40. The molecule has 28 heavy (non-hydrogen) atoms. The molecule has 3 aromatic heterocycles. The number of thiol groups is 1. The molecule has 7 nitrogen and oxygen atoms in total. The smallest absolute Gasteiger partial charge is 0.258 e. The maximum atomic E-state index is 6.05. The molecule has 0 aliphatic heterocycles. The number of aromatic nitrogens is 6. The lowest BCUT2D eigenvalue weighted by molar-refractivity contribution is 0.422. The largest absolute Gasteiger partial charge is 0.334 e. The minimum absolute atomic E-state index is 0.363. The van der Waals surface area contributed by atoms with E-state index in [0.717, 1.165) is 29.8 Å². The van der Waals surface area contributed by atoms with Crippen LogP contribution in [0.2, 0.25) is 5.02 Å². The second kappa shape index (κ2) is 7.03. The van der Waals surface area contributed by atoms with Crippen molar-refractivity contribution >= 4 is 24.2 Å². The first kappa shape index (κ1) is 17.4. The van der Waals surface area contributed by atoms with Gasteiger partial charge in [-0.1, -0.05) is 22.8 Å². The molecule has 140 valence electrons. The normalized spacial score (nSPS) is 14.9. The van der Waals surface area contributed by atoms with Crippen molar-refractivity contribution in [3.63, 3.8) is 0 Å². The van der Waals surface area contributed by atoms with Crippen LogP contribution in [0.3, 0.4) is 0 Å². The van der Waals surface area contributed by atoms with Crippen LogP contribution in [0, 0.1) is 0 Å². The Hall–Kier alpha value is -2.71. The number of halogens is 1. The average molecular weight is 411 g/mol. The Morgan fingerprint density at radius 3 is 2.68 bits per heavy atom. The van der Waals surface area contributed by atoms with Gasteiger partial charge in [-0.15, -0.1) is 10.2 Å². The summed E-state index contributed by atoms with van der Waals surface area (Å²) in [5, 5.41) is 13.1. The predicted molar refractivity (Wildman–Crippen MR) is 107 cm³/mol. The zero-order chi connectivity index (χ0) is 19.1. The molecular formula is C19H15ClN6OS. The summed E-state index contributed by atoms with van der Waals surface area (Å²) in [5.41, 5.74) is 1.72. The van der Waals surface area contributed by atoms with E-state index in [9.17, 15) is 0 Å². The van der Waals surface area contributed by atoms with Gasteiger partial charge in [-0.25, -0.2) is 0 Å². The third kappa shape index (κ3) is 3.18. The number of rotatable bonds is 5. The van der Waals surface area contributed by atoms with Crippen molar-refractivity contribution in [3.05, 3.63) is 65.5 Å². The van der Waals surface area contributed by atoms with Gasteiger partial charge < -0.3 is 9.09 Å². The van der Waals surface area contributed by atoms with Crippen LogP contribution >= 0.6 is 24.2 Å². The summed E-state index contributed by atoms with van der Waals surface area (Å²) in [6, 6.07) is 11.5. The zero-order valence-corrected chi connectivity index (χ0v) is 16.3. The lowest BCUT2D eigenvalue weighted by Gasteiger charge is -2.11. The summed E-state index contributed by atoms with van der Waals surface area (Å²) in [6.07, 6.45) is 5.67. The molecule has 1 unspecified atom stereocenters. The van der Waals surface area contributed by atoms with Crippen LogP contribution in [0.4, 0.5) is 0 Å². The van der Waals surface area contributed by atoms with Gasteiger partial charge in [0.15, 0.2) is 17.5 Å². The van der Waals surface area contributed by atoms with E-state index in [0.29, 0.717) is 28.6 Å². The highest BCUT2D eigenvalue weighted by Crippen LogP contribution is 2.41. The molecule has 5 rings (SSSR count). The van der Waals surface area contributed by atoms with Crippen molar-refractivity contribution in [2.45, 2.75) is 24.1 Å². The van der Waals surface area contributed by atoms with Gasteiger partial charge >= 0.3 is 0 Å². The second-order valence-electron chi connectivity index (χ2n) is 6.59. The third-order valence-corrected chi connectivity index (χ3v) is 5.27. The van der Waals surface area contributed by atoms with E-state index in [4.69, 9.17) is 28.8 Å². The summed E-state index contributed by atoms with van der Waals surface area (Å²) >= 11 is 10.8. The zero-order valence-electron chi connectivity index (χ0n) is 14.6. The average Bonchev–Trinajstić information content (AvgIpc) is 3.27. The molecule has 1 aliphatic rings. The van der Waals surface area contributed by atoms with Crippen molar-refractivity contribution in [2.75, 3.05) is 0 Å². The molecule has 0 saturated heterocycles. The SMILES string of the molecule is SC(c1noc(-c2cccc(Cl)c2)n1)c1nnc(-c2ccncc2)n1C1CC1. The molecule has 9 heteroatoms. The third-order valence-electron chi connectivity index (χ3n) is 4.58. The molecule has 0 radical (unpaired) electrons. The van der Waals surface area contributed by atoms with E-state index >= 15 is 0 Å². The Labute approximate surface area is 171 Å². The number of pyridine rings is 1. The quantitative estimate of drug-likeness (QED) is 0.491. The molecule has 0 bridgehead atoms. The maximum absolute atomic E-state index is 6.05. The Kier molecular flexibility index (Phi) is 4.37. The molecule has 1 aromatic carbocycles. The van der Waals surface area contributed by atoms with E-state index in [1.165, 1.54) is 0 Å². The fourth-order valence-corrected chi connectivity index (χ4v) is 3.55. The van der Waals surface area contributed by atoms with Crippen LogP contribution in [0.15, 0.2) is 53.3 Å². The topological polar surface area (TPSA) is 82.5 Å². The highest BCUT2D eigenvalue weighted by Gasteiger charge is 2.33. The molecule has 4 aromatic rings. The second-order valence-corrected chi connectivity index (χ2v) is 7.54. The maximum Gasteiger partial charge on any atom is 0.258 e. The standard InChI is InChI=1S/C19H15ClN6OS/c20-13-3-1-2-12(10-13)19-22-16(25-27-19)15(28)18-24-23-17(26(18)14-4-5-14)11-6-8-21-9-7-11/h1-3,6-10,14-15,28H,4-5H2. The Balaban J connectivity index is 1.51. The van der Waals surface area contributed by atoms with Crippen molar-refractivity contribution < 1.29 is 4.52 Å². The molecule has 0 amide bonds. The van der Waals surface area contributed by atoms with Crippen LogP contribution in [0.1, 0.15) is 35.8 Å². The van der Waals surface area contributed by atoms with Crippen LogP contribution in [-0.4, -0.2) is 29.9 Å². The Morgan fingerprint density at radius 1 is 1.11 bits per heavy atom. The molecule has 0 N–H and O–H groups in total. The number of benzene rings is 1. The fraction of sp³-hybridized carbons (Fsp3) is 0.211. The summed E-state index contributed by atoms with van der Waals surface area (Å²) in [6.45, 7) is 0. The van der Waals surface area contributed by atoms with Crippen molar-refractivity contribution in [1.29, 1.82) is 0 Å². The van der Waals surface area contributed by atoms with Crippen molar-refractivity contribution in [2.24, 2.45) is 0 Å². The van der Waals surface area contributed by atoms with E-state index in [1.807, 2.05) is 24.3 Å². The fourth-order valence-electron chi connectivity index (χ4n) is 3.08. The molecule has 0 spiro atoms. The van der Waals surface area contributed by atoms with E-state index in [2.05, 4.69) is 29.9 Å². The molecule has 3 heterocycles. The van der Waals surface area contributed by atoms with Gasteiger partial charge in [-0.3, -0.25) is 4.98 Å². The summed E-state index contributed by atoms with van der Waals surface area (Å²) in [5.74, 6) is 2.34.